The van der Waals surface area contributed by atoms with Gasteiger partial charge in [-0.25, -0.2) is 0 Å². The molecule has 0 aromatic heterocycles. The topological polar surface area (TPSA) is 9.23 Å². The average molecular weight is 351 g/mol. The van der Waals surface area contributed by atoms with Crippen molar-refractivity contribution < 1.29 is 4.43 Å². The lowest BCUT2D eigenvalue weighted by Crippen LogP contribution is -2.40. The van der Waals surface area contributed by atoms with Crippen molar-refractivity contribution in [3.8, 4) is 11.8 Å². The zero-order valence-corrected chi connectivity index (χ0v) is 18.3. The second kappa shape index (κ2) is 13.7. The lowest BCUT2D eigenvalue weighted by atomic mass is 10.1. The normalized spacial score (nSPS) is 12.4. The molecule has 0 spiro atoms. The first-order chi connectivity index (χ1) is 11.3. The standard InChI is InChI=1S/C22H42OSi/c1-7-8-9-10-11-12-13-14-15-16-17-18-19-20-21-23-24(5,6)22(2,3)4/h11-12H,7-8,13-21H2,1-6H3/b12-11+. The highest BCUT2D eigenvalue weighted by molar-refractivity contribution is 6.74. The van der Waals surface area contributed by atoms with Gasteiger partial charge in [0.05, 0.1) is 0 Å². The average Bonchev–Trinajstić information content (AvgIpc) is 2.50. The van der Waals surface area contributed by atoms with Gasteiger partial charge < -0.3 is 4.43 Å². The van der Waals surface area contributed by atoms with E-state index in [4.69, 9.17) is 4.43 Å². The lowest BCUT2D eigenvalue weighted by Gasteiger charge is -2.36. The maximum Gasteiger partial charge on any atom is 0.191 e. The highest BCUT2D eigenvalue weighted by Gasteiger charge is 2.36. The van der Waals surface area contributed by atoms with Crippen LogP contribution < -0.4 is 0 Å². The third-order valence-corrected chi connectivity index (χ3v) is 9.50. The van der Waals surface area contributed by atoms with E-state index < -0.39 is 8.32 Å². The van der Waals surface area contributed by atoms with E-state index in [1.165, 1.54) is 51.4 Å². The molecule has 0 aliphatic heterocycles. The molecule has 0 aliphatic rings. The monoisotopic (exact) mass is 350 g/mol. The summed E-state index contributed by atoms with van der Waals surface area (Å²) >= 11 is 0. The molecule has 0 fully saturated rings. The highest BCUT2D eigenvalue weighted by atomic mass is 28.4. The Morgan fingerprint density at radius 3 is 2.08 bits per heavy atom. The highest BCUT2D eigenvalue weighted by Crippen LogP contribution is 2.36. The minimum atomic E-state index is -1.53. The molecular weight excluding hydrogens is 308 g/mol. The molecule has 0 atom stereocenters. The van der Waals surface area contributed by atoms with Crippen molar-refractivity contribution in [3.05, 3.63) is 12.2 Å². The summed E-state index contributed by atoms with van der Waals surface area (Å²) in [4.78, 5) is 0. The van der Waals surface area contributed by atoms with Gasteiger partial charge in [-0.15, -0.1) is 0 Å². The van der Waals surface area contributed by atoms with Gasteiger partial charge in [0.2, 0.25) is 0 Å². The number of rotatable bonds is 12. The summed E-state index contributed by atoms with van der Waals surface area (Å²) in [7, 11) is -1.53. The fourth-order valence-corrected chi connectivity index (χ4v) is 3.28. The summed E-state index contributed by atoms with van der Waals surface area (Å²) in [5.41, 5.74) is 0. The first-order valence-electron chi connectivity index (χ1n) is 10.1. The van der Waals surface area contributed by atoms with Gasteiger partial charge in [0.25, 0.3) is 0 Å². The van der Waals surface area contributed by atoms with E-state index in [0.29, 0.717) is 5.04 Å². The van der Waals surface area contributed by atoms with E-state index in [1.807, 2.05) is 6.08 Å². The largest absolute Gasteiger partial charge is 0.417 e. The van der Waals surface area contributed by atoms with E-state index in [1.54, 1.807) is 0 Å². The maximum absolute atomic E-state index is 6.22. The summed E-state index contributed by atoms with van der Waals surface area (Å²) in [6.07, 6.45) is 16.9. The van der Waals surface area contributed by atoms with Crippen molar-refractivity contribution in [2.45, 2.75) is 110 Å². The van der Waals surface area contributed by atoms with Gasteiger partial charge in [-0.05, 0) is 49.9 Å². The fourth-order valence-electron chi connectivity index (χ4n) is 2.19. The summed E-state index contributed by atoms with van der Waals surface area (Å²) in [5, 5.41) is 0.336. The van der Waals surface area contributed by atoms with Crippen LogP contribution >= 0.6 is 0 Å². The van der Waals surface area contributed by atoms with E-state index in [9.17, 15) is 0 Å². The summed E-state index contributed by atoms with van der Waals surface area (Å²) in [5.74, 6) is 6.24. The lowest BCUT2D eigenvalue weighted by molar-refractivity contribution is 0.277. The molecule has 140 valence electrons. The molecule has 0 saturated carbocycles. The smallest absolute Gasteiger partial charge is 0.191 e. The van der Waals surface area contributed by atoms with Gasteiger partial charge in [-0.1, -0.05) is 77.7 Å². The van der Waals surface area contributed by atoms with Crippen LogP contribution in [0.2, 0.25) is 18.1 Å². The molecule has 0 unspecified atom stereocenters. The minimum absolute atomic E-state index is 0.336. The summed E-state index contributed by atoms with van der Waals surface area (Å²) < 4.78 is 6.22. The molecule has 0 bridgehead atoms. The molecule has 0 heterocycles. The van der Waals surface area contributed by atoms with Gasteiger partial charge in [-0.3, -0.25) is 0 Å². The maximum atomic E-state index is 6.22. The molecular formula is C22H42OSi. The van der Waals surface area contributed by atoms with Crippen LogP contribution in [0.3, 0.4) is 0 Å². The van der Waals surface area contributed by atoms with Crippen molar-refractivity contribution in [2.75, 3.05) is 6.61 Å². The summed E-state index contributed by atoms with van der Waals surface area (Å²) in [6, 6.07) is 0. The van der Waals surface area contributed by atoms with Crippen LogP contribution in [0.1, 0.15) is 91.9 Å². The molecule has 24 heavy (non-hydrogen) atoms. The second-order valence-corrected chi connectivity index (χ2v) is 13.2. The first kappa shape index (κ1) is 23.5. The van der Waals surface area contributed by atoms with Crippen LogP contribution in [0.25, 0.3) is 0 Å². The molecule has 2 heteroatoms. The van der Waals surface area contributed by atoms with Crippen molar-refractivity contribution in [1.82, 2.24) is 0 Å². The number of allylic oxidation sites excluding steroid dienone is 2. The van der Waals surface area contributed by atoms with Crippen molar-refractivity contribution in [1.29, 1.82) is 0 Å². The van der Waals surface area contributed by atoms with E-state index in [2.05, 4.69) is 58.7 Å². The number of hydrogen-bond donors (Lipinski definition) is 0. The Hall–Kier alpha value is -0.523. The molecule has 1 nitrogen and oxygen atoms in total. The second-order valence-electron chi connectivity index (χ2n) is 8.35. The van der Waals surface area contributed by atoms with Gasteiger partial charge in [0.1, 0.15) is 0 Å². The van der Waals surface area contributed by atoms with Crippen LogP contribution in [0.15, 0.2) is 12.2 Å². The molecule has 0 amide bonds. The van der Waals surface area contributed by atoms with Gasteiger partial charge in [0, 0.05) is 13.0 Å². The molecule has 0 N–H and O–H groups in total. The van der Waals surface area contributed by atoms with E-state index >= 15 is 0 Å². The molecule has 0 aromatic carbocycles. The molecule has 0 radical (unpaired) electrons. The molecule has 0 aromatic rings. The summed E-state index contributed by atoms with van der Waals surface area (Å²) in [6.45, 7) is 14.7. The fraction of sp³-hybridized carbons (Fsp3) is 0.818. The number of hydrogen-bond acceptors (Lipinski definition) is 1. The van der Waals surface area contributed by atoms with Gasteiger partial charge in [0.15, 0.2) is 8.32 Å². The Kier molecular flexibility index (Phi) is 13.4. The van der Waals surface area contributed by atoms with Gasteiger partial charge in [-0.2, -0.15) is 0 Å². The quantitative estimate of drug-likeness (QED) is 0.201. The van der Waals surface area contributed by atoms with Crippen LogP contribution in [0.5, 0.6) is 0 Å². The Balaban J connectivity index is 3.40. The zero-order chi connectivity index (χ0) is 18.3. The first-order valence-corrected chi connectivity index (χ1v) is 13.0. The van der Waals surface area contributed by atoms with Crippen molar-refractivity contribution in [3.63, 3.8) is 0 Å². The van der Waals surface area contributed by atoms with Crippen LogP contribution in [0.4, 0.5) is 0 Å². The Morgan fingerprint density at radius 1 is 0.917 bits per heavy atom. The zero-order valence-electron chi connectivity index (χ0n) is 17.3. The van der Waals surface area contributed by atoms with Crippen LogP contribution in [0, 0.1) is 11.8 Å². The predicted octanol–water partition coefficient (Wildman–Crippen LogP) is 7.49. The predicted molar refractivity (Wildman–Crippen MR) is 112 cm³/mol. The van der Waals surface area contributed by atoms with Crippen molar-refractivity contribution >= 4 is 8.32 Å². The number of unbranched alkanes of at least 4 members (excludes halogenated alkanes) is 8. The van der Waals surface area contributed by atoms with E-state index in [-0.39, 0.29) is 0 Å². The van der Waals surface area contributed by atoms with Crippen LogP contribution in [-0.4, -0.2) is 14.9 Å². The van der Waals surface area contributed by atoms with Gasteiger partial charge >= 0.3 is 0 Å². The minimum Gasteiger partial charge on any atom is -0.417 e. The van der Waals surface area contributed by atoms with Crippen molar-refractivity contribution in [2.24, 2.45) is 0 Å². The Labute approximate surface area is 153 Å². The third kappa shape index (κ3) is 12.8. The molecule has 0 saturated heterocycles. The Morgan fingerprint density at radius 2 is 1.50 bits per heavy atom. The van der Waals surface area contributed by atoms with Crippen LogP contribution in [-0.2, 0) is 4.43 Å². The third-order valence-electron chi connectivity index (χ3n) is 4.96. The molecule has 0 rings (SSSR count). The SMILES string of the molecule is CCCC#C/C=C/CCCCCCCCCO[Si](C)(C)C(C)(C)C. The van der Waals surface area contributed by atoms with E-state index in [0.717, 1.165) is 19.4 Å². The molecule has 0 aliphatic carbocycles. The Bertz CT molecular complexity index is 379.